The summed E-state index contributed by atoms with van der Waals surface area (Å²) in [6.07, 6.45) is -64.1. The van der Waals surface area contributed by atoms with Crippen molar-refractivity contribution in [3.63, 3.8) is 0 Å². The lowest BCUT2D eigenvalue weighted by atomic mass is 9.58. The van der Waals surface area contributed by atoms with Crippen molar-refractivity contribution >= 4 is 11.1 Å². The molecule has 0 amide bonds. The van der Waals surface area contributed by atoms with E-state index in [0.717, 1.165) is 12.2 Å². The number of alkyl halides is 24. The van der Waals surface area contributed by atoms with E-state index in [1.165, 1.54) is 0 Å². The molecule has 0 fully saturated rings. The van der Waals surface area contributed by atoms with E-state index < -0.39 is 167 Å². The van der Waals surface area contributed by atoms with Crippen molar-refractivity contribution in [1.82, 2.24) is 0 Å². The van der Waals surface area contributed by atoms with Crippen LogP contribution in [0.15, 0.2) is 36.4 Å². The van der Waals surface area contributed by atoms with E-state index in [2.05, 4.69) is 0 Å². The fraction of sp³-hybridized carbons (Fsp3) is 0.556. The second-order valence-electron chi connectivity index (χ2n) is 15.1. The first-order valence-electron chi connectivity index (χ1n) is 17.1. The Balaban J connectivity index is 1.49. The molecule has 0 nitrogen and oxygen atoms in total. The van der Waals surface area contributed by atoms with Gasteiger partial charge in [-0.15, -0.1) is 0 Å². The summed E-state index contributed by atoms with van der Waals surface area (Å²) >= 11 is 0. The van der Waals surface area contributed by atoms with Crippen LogP contribution >= 0.6 is 0 Å². The molecular weight excluding hydrogens is 888 g/mol. The molecule has 0 N–H and O–H groups in total. The highest BCUT2D eigenvalue weighted by Gasteiger charge is 2.82. The van der Waals surface area contributed by atoms with Crippen molar-refractivity contribution < 1.29 is 105 Å². The van der Waals surface area contributed by atoms with Gasteiger partial charge in [0.05, 0.1) is 0 Å². The van der Waals surface area contributed by atoms with Gasteiger partial charge in [0.25, 0.3) is 0 Å². The van der Waals surface area contributed by atoms with Gasteiger partial charge < -0.3 is 0 Å². The summed E-state index contributed by atoms with van der Waals surface area (Å²) in [6, 6.07) is -0.424. The molecule has 2 aromatic rings. The number of hydrogen-bond acceptors (Lipinski definition) is 0. The molecule has 0 unspecified atom stereocenters. The van der Waals surface area contributed by atoms with Crippen LogP contribution < -0.4 is 0 Å². The van der Waals surface area contributed by atoms with Gasteiger partial charge in [0.15, 0.2) is 21.7 Å². The molecule has 4 aliphatic rings. The Hall–Kier alpha value is -3.76. The van der Waals surface area contributed by atoms with Gasteiger partial charge in [0.1, 0.15) is 0 Å². The van der Waals surface area contributed by atoms with E-state index in [-0.39, 0.29) is 35.4 Å². The van der Waals surface area contributed by atoms with Crippen LogP contribution in [0.1, 0.15) is 83.0 Å². The molecule has 2 aromatic carbocycles. The second kappa shape index (κ2) is 12.9. The highest BCUT2D eigenvalue weighted by molar-refractivity contribution is 5.80. The molecule has 6 rings (SSSR count). The van der Waals surface area contributed by atoms with Crippen molar-refractivity contribution in [2.45, 2.75) is 122 Å². The van der Waals surface area contributed by atoms with Gasteiger partial charge in [-0.3, -0.25) is 0 Å². The van der Waals surface area contributed by atoms with E-state index >= 15 is 0 Å². The molecule has 0 heterocycles. The van der Waals surface area contributed by atoms with E-state index in [9.17, 15) is 105 Å². The van der Waals surface area contributed by atoms with Crippen molar-refractivity contribution in [3.05, 3.63) is 80.9 Å². The third kappa shape index (κ3) is 5.91. The number of hydrogen-bond donors (Lipinski definition) is 0. The van der Waals surface area contributed by atoms with Crippen LogP contribution in [-0.4, -0.2) is 49.4 Å². The molecule has 0 aromatic heterocycles. The third-order valence-electron chi connectivity index (χ3n) is 12.4. The summed E-state index contributed by atoms with van der Waals surface area (Å²) in [5, 5.41) is 0. The minimum atomic E-state index is -6.55. The minimum Gasteiger partial charge on any atom is -0.170 e. The number of benzene rings is 2. The fourth-order valence-corrected chi connectivity index (χ4v) is 9.35. The quantitative estimate of drug-likeness (QED) is 0.269. The highest BCUT2D eigenvalue weighted by atomic mass is 19.4. The zero-order valence-corrected chi connectivity index (χ0v) is 29.2. The average Bonchev–Trinajstić information content (AvgIpc) is 3.62. The topological polar surface area (TPSA) is 0 Å². The minimum absolute atomic E-state index is 0.0849. The maximum Gasteiger partial charge on any atom is 0.407 e. The molecular formula is C36H22F24. The highest BCUT2D eigenvalue weighted by Crippen LogP contribution is 2.69. The van der Waals surface area contributed by atoms with Gasteiger partial charge in [-0.1, -0.05) is 24.3 Å². The van der Waals surface area contributed by atoms with Crippen LogP contribution in [0, 0.1) is 0 Å². The molecule has 4 aliphatic carbocycles. The third-order valence-corrected chi connectivity index (χ3v) is 12.4. The molecule has 60 heavy (non-hydrogen) atoms. The zero-order valence-electron chi connectivity index (χ0n) is 29.2. The summed E-state index contributed by atoms with van der Waals surface area (Å²) < 4.78 is 346. The lowest BCUT2D eigenvalue weighted by Gasteiger charge is -2.50. The molecule has 0 saturated heterocycles. The molecule has 0 aliphatic heterocycles. The van der Waals surface area contributed by atoms with Gasteiger partial charge in [0, 0.05) is 0 Å². The lowest BCUT2D eigenvalue weighted by molar-refractivity contribution is -0.336. The van der Waals surface area contributed by atoms with Crippen LogP contribution in [0.25, 0.3) is 11.1 Å². The Labute approximate surface area is 320 Å². The first-order valence-corrected chi connectivity index (χ1v) is 17.1. The van der Waals surface area contributed by atoms with Gasteiger partial charge in [-0.05, 0) is 119 Å². The second-order valence-corrected chi connectivity index (χ2v) is 15.1. The lowest BCUT2D eigenvalue weighted by Crippen LogP contribution is -2.63. The Morgan fingerprint density at radius 1 is 0.317 bits per heavy atom. The summed E-state index contributed by atoms with van der Waals surface area (Å²) in [5.74, 6) is 0. The molecule has 0 saturated carbocycles. The van der Waals surface area contributed by atoms with Crippen molar-refractivity contribution in [2.75, 3.05) is 0 Å². The summed E-state index contributed by atoms with van der Waals surface area (Å²) in [6.45, 7) is 0. The number of allylic oxidation sites excluding steroid dienone is 4. The SMILES string of the molecule is FC(F)(F)C1(C(F)(F)F)CCC(C(F)(F)F)(C(F)(F)F)c2cc3c(cc21)CC=C3CCC1=CCc2cc3c(cc21)C(C(F)(F)F)(C(F)(F)F)CCC3(C(F)(F)F)C(F)(F)F. The Morgan fingerprint density at radius 3 is 0.717 bits per heavy atom. The first kappa shape index (κ1) is 45.8. The van der Waals surface area contributed by atoms with E-state index in [0.29, 0.717) is 0 Å². The predicted octanol–water partition coefficient (Wildman–Crippen LogP) is 14.1. The summed E-state index contributed by atoms with van der Waals surface area (Å²) in [5.41, 5.74) is -34.1. The maximum atomic E-state index is 14.5. The smallest absolute Gasteiger partial charge is 0.170 e. The van der Waals surface area contributed by atoms with Gasteiger partial charge in [-0.25, -0.2) is 0 Å². The first-order chi connectivity index (χ1) is 26.8. The average molecular weight is 911 g/mol. The van der Waals surface area contributed by atoms with Gasteiger partial charge >= 0.3 is 49.4 Å². The van der Waals surface area contributed by atoms with Crippen LogP contribution in [0.4, 0.5) is 105 Å². The van der Waals surface area contributed by atoms with Crippen LogP contribution in [0.2, 0.25) is 0 Å². The number of halogens is 24. The molecule has 0 bridgehead atoms. The largest absolute Gasteiger partial charge is 0.407 e. The Kier molecular flexibility index (Phi) is 9.84. The fourth-order valence-electron chi connectivity index (χ4n) is 9.35. The molecule has 0 atom stereocenters. The maximum absolute atomic E-state index is 14.5. The summed E-state index contributed by atoms with van der Waals surface area (Å²) in [7, 11) is 0. The van der Waals surface area contributed by atoms with Gasteiger partial charge in [0.2, 0.25) is 0 Å². The van der Waals surface area contributed by atoms with E-state index in [1.54, 1.807) is 0 Å². The summed E-state index contributed by atoms with van der Waals surface area (Å²) in [4.78, 5) is 0. The molecule has 24 heteroatoms. The van der Waals surface area contributed by atoms with Crippen LogP contribution in [0.3, 0.4) is 0 Å². The van der Waals surface area contributed by atoms with Crippen molar-refractivity contribution in [2.24, 2.45) is 0 Å². The van der Waals surface area contributed by atoms with Crippen LogP contribution in [0.5, 0.6) is 0 Å². The van der Waals surface area contributed by atoms with Crippen LogP contribution in [-0.2, 0) is 34.5 Å². The van der Waals surface area contributed by atoms with Crippen molar-refractivity contribution in [1.29, 1.82) is 0 Å². The predicted molar refractivity (Wildman–Crippen MR) is 159 cm³/mol. The zero-order chi connectivity index (χ0) is 45.7. The molecule has 0 spiro atoms. The Morgan fingerprint density at radius 2 is 0.517 bits per heavy atom. The normalized spacial score (nSPS) is 21.5. The van der Waals surface area contributed by atoms with Crippen molar-refractivity contribution in [3.8, 4) is 0 Å². The Bertz CT molecular complexity index is 1910. The molecule has 0 radical (unpaired) electrons. The monoisotopic (exact) mass is 910 g/mol. The van der Waals surface area contributed by atoms with E-state index in [1.807, 2.05) is 0 Å². The standard InChI is InChI=1S/C36H22F24/c37-29(38,39)25(30(40,41)42)7-9-27(33(49,50)51,34(52,53)54)23-13-19-15(3-5-17(19)11-21(23)25)1-2-16-4-6-18-12-22-24(14-20(16)18)28(35(55,56)57,36(58,59)60)10-8-26(22,31(43,44)45)32(46,47)48/h3-4,11-14H,1-2,5-10H2. The molecule has 334 valence electrons. The number of rotatable bonds is 3. The van der Waals surface area contributed by atoms with Gasteiger partial charge in [-0.2, -0.15) is 105 Å². The van der Waals surface area contributed by atoms with E-state index in [4.69, 9.17) is 0 Å². The number of fused-ring (bicyclic) bond motifs is 4.